The minimum absolute atomic E-state index is 0.0312. The number of ketones is 1. The van der Waals surface area contributed by atoms with Crippen molar-refractivity contribution in [2.45, 2.75) is 31.9 Å². The van der Waals surface area contributed by atoms with Gasteiger partial charge in [-0.1, -0.05) is 60.7 Å². The molecule has 0 spiro atoms. The molecular weight excluding hydrogens is 492 g/mol. The number of quaternary nitrogens is 1. The van der Waals surface area contributed by atoms with Crippen LogP contribution >= 0.6 is 0 Å². The first kappa shape index (κ1) is 26.6. The van der Waals surface area contributed by atoms with Gasteiger partial charge in [0, 0.05) is 30.0 Å². The summed E-state index contributed by atoms with van der Waals surface area (Å²) in [7, 11) is 0. The normalized spacial score (nSPS) is 22.5. The molecule has 202 valence electrons. The maximum Gasteiger partial charge on any atom is 0.338 e. The molecule has 0 saturated carbocycles. The van der Waals surface area contributed by atoms with Gasteiger partial charge in [0.1, 0.15) is 13.1 Å². The summed E-state index contributed by atoms with van der Waals surface area (Å²) in [5, 5.41) is 3.35. The first-order valence-corrected chi connectivity index (χ1v) is 13.7. The number of nitrogens with zero attached hydrogens (tertiary/aromatic N) is 1. The summed E-state index contributed by atoms with van der Waals surface area (Å²) in [6.07, 6.45) is 1.62. The van der Waals surface area contributed by atoms with Crippen LogP contribution in [-0.4, -0.2) is 61.1 Å². The Bertz CT molecular complexity index is 1290. The number of anilines is 1. The zero-order valence-corrected chi connectivity index (χ0v) is 22.3. The fourth-order valence-electron chi connectivity index (χ4n) is 5.82. The van der Waals surface area contributed by atoms with Crippen molar-refractivity contribution in [1.82, 2.24) is 0 Å². The molecule has 3 heterocycles. The third kappa shape index (κ3) is 6.20. The Kier molecular flexibility index (Phi) is 8.07. The van der Waals surface area contributed by atoms with Crippen LogP contribution in [0, 0.1) is 5.92 Å². The molecule has 7 heteroatoms. The zero-order chi connectivity index (χ0) is 27.2. The predicted octanol–water partition coefficient (Wildman–Crippen LogP) is 5.05. The molecule has 2 bridgehead atoms. The molecule has 3 aliphatic rings. The van der Waals surface area contributed by atoms with Crippen LogP contribution in [0.4, 0.5) is 5.69 Å². The lowest BCUT2D eigenvalue weighted by molar-refractivity contribution is -0.938. The highest BCUT2D eigenvalue weighted by molar-refractivity contribution is 5.98. The van der Waals surface area contributed by atoms with Crippen LogP contribution in [0.25, 0.3) is 0 Å². The Morgan fingerprint density at radius 3 is 2.13 bits per heavy atom. The maximum absolute atomic E-state index is 13.6. The van der Waals surface area contributed by atoms with Crippen LogP contribution in [0.1, 0.15) is 52.1 Å². The first-order valence-electron chi connectivity index (χ1n) is 13.7. The SMILES string of the molecule is CCOC(=O)c1ccc(C(=O)C[N+]23CCC(CC2)[C@@H](OC(=O)C(Nc2ccccc2)c2ccccc2)C3)cc1. The number of benzene rings is 3. The molecule has 0 radical (unpaired) electrons. The van der Waals surface area contributed by atoms with Crippen molar-refractivity contribution >= 4 is 23.4 Å². The van der Waals surface area contributed by atoms with Gasteiger partial charge in [-0.25, -0.2) is 9.59 Å². The summed E-state index contributed by atoms with van der Waals surface area (Å²) in [5.74, 6) is -0.357. The maximum atomic E-state index is 13.6. The number of carbonyl (C=O) groups is 3. The van der Waals surface area contributed by atoms with E-state index in [1.807, 2.05) is 60.7 Å². The van der Waals surface area contributed by atoms with Crippen LogP contribution in [0.3, 0.4) is 0 Å². The van der Waals surface area contributed by atoms with Gasteiger partial charge in [0.2, 0.25) is 5.78 Å². The molecule has 3 fully saturated rings. The molecule has 7 nitrogen and oxygen atoms in total. The summed E-state index contributed by atoms with van der Waals surface area (Å²) in [6, 6.07) is 25.3. The molecule has 2 atom stereocenters. The highest BCUT2D eigenvalue weighted by Gasteiger charge is 2.49. The van der Waals surface area contributed by atoms with Crippen molar-refractivity contribution in [3.63, 3.8) is 0 Å². The third-order valence-corrected chi connectivity index (χ3v) is 7.96. The fraction of sp³-hybridized carbons (Fsp3) is 0.344. The second-order valence-electron chi connectivity index (χ2n) is 10.5. The Labute approximate surface area is 229 Å². The average molecular weight is 528 g/mol. The van der Waals surface area contributed by atoms with Crippen molar-refractivity contribution in [1.29, 1.82) is 0 Å². The summed E-state index contributed by atoms with van der Waals surface area (Å²) in [4.78, 5) is 38.8. The van der Waals surface area contributed by atoms with Crippen LogP contribution in [0.5, 0.6) is 0 Å². The molecule has 3 aromatic carbocycles. The number of carbonyl (C=O) groups excluding carboxylic acids is 3. The Morgan fingerprint density at radius 2 is 1.49 bits per heavy atom. The minimum Gasteiger partial charge on any atom is -0.462 e. The molecule has 0 amide bonds. The molecule has 6 rings (SSSR count). The van der Waals surface area contributed by atoms with E-state index in [2.05, 4.69) is 5.32 Å². The number of hydrogen-bond donors (Lipinski definition) is 1. The quantitative estimate of drug-likeness (QED) is 0.226. The number of rotatable bonds is 10. The topological polar surface area (TPSA) is 81.7 Å². The number of hydrogen-bond acceptors (Lipinski definition) is 6. The number of esters is 2. The smallest absolute Gasteiger partial charge is 0.338 e. The number of ether oxygens (including phenoxy) is 2. The van der Waals surface area contributed by atoms with Gasteiger partial charge in [-0.3, -0.25) is 4.79 Å². The molecular formula is C32H35N2O5+. The summed E-state index contributed by atoms with van der Waals surface area (Å²) in [5.41, 5.74) is 2.70. The predicted molar refractivity (Wildman–Crippen MR) is 148 cm³/mol. The average Bonchev–Trinajstić information content (AvgIpc) is 2.97. The van der Waals surface area contributed by atoms with Gasteiger partial charge in [-0.05, 0) is 36.8 Å². The molecule has 39 heavy (non-hydrogen) atoms. The molecule has 3 aromatic rings. The number of para-hydroxylation sites is 1. The monoisotopic (exact) mass is 527 g/mol. The van der Waals surface area contributed by atoms with E-state index >= 15 is 0 Å². The Balaban J connectivity index is 1.27. The third-order valence-electron chi connectivity index (χ3n) is 7.96. The van der Waals surface area contributed by atoms with Gasteiger partial charge in [-0.2, -0.15) is 0 Å². The number of nitrogens with one attached hydrogen (secondary N) is 1. The van der Waals surface area contributed by atoms with Gasteiger partial charge in [0.15, 0.2) is 12.1 Å². The van der Waals surface area contributed by atoms with Crippen LogP contribution < -0.4 is 5.32 Å². The minimum atomic E-state index is -0.628. The van der Waals surface area contributed by atoms with Gasteiger partial charge in [0.05, 0.1) is 25.3 Å². The van der Waals surface area contributed by atoms with Gasteiger partial charge >= 0.3 is 11.9 Å². The Morgan fingerprint density at radius 1 is 0.872 bits per heavy atom. The first-order chi connectivity index (χ1) is 19.0. The van der Waals surface area contributed by atoms with E-state index in [0.717, 1.165) is 37.2 Å². The summed E-state index contributed by atoms with van der Waals surface area (Å²) >= 11 is 0. The summed E-state index contributed by atoms with van der Waals surface area (Å²) < 4.78 is 11.9. The molecule has 1 N–H and O–H groups in total. The van der Waals surface area contributed by atoms with E-state index < -0.39 is 12.0 Å². The number of fused-ring (bicyclic) bond motifs is 3. The second kappa shape index (κ2) is 11.8. The Hall–Kier alpha value is -3.97. The van der Waals surface area contributed by atoms with Crippen molar-refractivity contribution in [2.24, 2.45) is 5.92 Å². The largest absolute Gasteiger partial charge is 0.462 e. The molecule has 0 aromatic heterocycles. The lowest BCUT2D eigenvalue weighted by Gasteiger charge is -2.51. The zero-order valence-electron chi connectivity index (χ0n) is 22.3. The summed E-state index contributed by atoms with van der Waals surface area (Å²) in [6.45, 7) is 4.85. The lowest BCUT2D eigenvalue weighted by Crippen LogP contribution is -2.65. The standard InChI is InChI=1S/C32H35N2O5/c1-2-38-31(36)26-15-13-23(14-16-26)28(35)21-34-19-17-24(18-20-34)29(22-34)39-32(37)30(25-9-5-3-6-10-25)33-27-11-7-4-8-12-27/h3-16,24,29-30,33H,2,17-22H2,1H3/q+1/t24?,29-,30?,34?/m0/s1. The second-order valence-corrected chi connectivity index (χ2v) is 10.5. The van der Waals surface area contributed by atoms with Crippen molar-refractivity contribution in [3.8, 4) is 0 Å². The van der Waals surface area contributed by atoms with E-state index in [-0.39, 0.29) is 17.9 Å². The van der Waals surface area contributed by atoms with Crippen molar-refractivity contribution < 1.29 is 28.3 Å². The van der Waals surface area contributed by atoms with E-state index in [4.69, 9.17) is 9.47 Å². The molecule has 1 unspecified atom stereocenters. The van der Waals surface area contributed by atoms with Gasteiger partial charge < -0.3 is 19.3 Å². The van der Waals surface area contributed by atoms with Crippen LogP contribution in [0.2, 0.25) is 0 Å². The number of Topliss-reactive ketones (excluding diaryl/α,β-unsaturated/α-hetero) is 1. The number of piperidine rings is 3. The lowest BCUT2D eigenvalue weighted by atomic mass is 9.82. The van der Waals surface area contributed by atoms with Crippen molar-refractivity contribution in [3.05, 3.63) is 102 Å². The van der Waals surface area contributed by atoms with E-state index in [9.17, 15) is 14.4 Å². The highest BCUT2D eigenvalue weighted by Crippen LogP contribution is 2.36. The van der Waals surface area contributed by atoms with Crippen LogP contribution in [-0.2, 0) is 14.3 Å². The van der Waals surface area contributed by atoms with Crippen LogP contribution in [0.15, 0.2) is 84.9 Å². The van der Waals surface area contributed by atoms with E-state index in [1.165, 1.54) is 0 Å². The highest BCUT2D eigenvalue weighted by atomic mass is 16.5. The van der Waals surface area contributed by atoms with Gasteiger partial charge in [0.25, 0.3) is 0 Å². The molecule has 0 aliphatic carbocycles. The molecule has 3 saturated heterocycles. The molecule has 3 aliphatic heterocycles. The van der Waals surface area contributed by atoms with Crippen molar-refractivity contribution in [2.75, 3.05) is 38.1 Å². The van der Waals surface area contributed by atoms with E-state index in [0.29, 0.717) is 41.2 Å². The van der Waals surface area contributed by atoms with Gasteiger partial charge in [-0.15, -0.1) is 0 Å². The fourth-order valence-corrected chi connectivity index (χ4v) is 5.82. The van der Waals surface area contributed by atoms with E-state index in [1.54, 1.807) is 31.2 Å².